The summed E-state index contributed by atoms with van der Waals surface area (Å²) in [6, 6.07) is 19.1. The van der Waals surface area contributed by atoms with Crippen molar-refractivity contribution in [3.63, 3.8) is 0 Å². The summed E-state index contributed by atoms with van der Waals surface area (Å²) in [6.45, 7) is 8.73. The molecule has 13 nitrogen and oxygen atoms in total. The lowest BCUT2D eigenvalue weighted by Crippen LogP contribution is -2.84. The number of aromatic nitrogens is 1. The van der Waals surface area contributed by atoms with Crippen LogP contribution in [0.25, 0.3) is 0 Å². The fourth-order valence-corrected chi connectivity index (χ4v) is 8.44. The molecule has 2 heterocycles. The Morgan fingerprint density at radius 1 is 0.654 bits per heavy atom. The first-order chi connectivity index (χ1) is 24.5. The highest BCUT2D eigenvalue weighted by Gasteiger charge is 2.85. The van der Waals surface area contributed by atoms with E-state index in [-0.39, 0.29) is 23.1 Å². The van der Waals surface area contributed by atoms with Crippen molar-refractivity contribution in [2.75, 3.05) is 0 Å². The van der Waals surface area contributed by atoms with E-state index in [4.69, 9.17) is 28.4 Å². The van der Waals surface area contributed by atoms with Crippen LogP contribution >= 0.6 is 0 Å². The molecule has 6 rings (SSSR count). The molecule has 1 aliphatic heterocycles. The average molecular weight is 716 g/mol. The van der Waals surface area contributed by atoms with Crippen LogP contribution in [0.15, 0.2) is 85.2 Å². The Balaban J connectivity index is 1.60. The number of carbonyl (C=O) groups excluding carboxylic acids is 5. The first-order valence-corrected chi connectivity index (χ1v) is 16.9. The van der Waals surface area contributed by atoms with Crippen molar-refractivity contribution in [2.45, 2.75) is 95.3 Å². The summed E-state index contributed by atoms with van der Waals surface area (Å²) in [6.07, 6.45) is -5.11. The van der Waals surface area contributed by atoms with Crippen LogP contribution in [0, 0.1) is 11.3 Å². The number of aliphatic hydroxyl groups is 1. The van der Waals surface area contributed by atoms with E-state index in [0.717, 1.165) is 6.92 Å². The molecule has 1 N–H and O–H groups in total. The summed E-state index contributed by atoms with van der Waals surface area (Å²) in [5.74, 6) is -4.86. The highest BCUT2D eigenvalue weighted by Crippen LogP contribution is 2.69. The first-order valence-electron chi connectivity index (χ1n) is 16.9. The Morgan fingerprint density at radius 3 is 1.62 bits per heavy atom. The van der Waals surface area contributed by atoms with Gasteiger partial charge in [-0.25, -0.2) is 14.4 Å². The molecule has 52 heavy (non-hydrogen) atoms. The van der Waals surface area contributed by atoms with E-state index < -0.39 is 88.5 Å². The molecule has 13 heteroatoms. The van der Waals surface area contributed by atoms with Gasteiger partial charge in [0.15, 0.2) is 24.4 Å². The molecule has 2 saturated carbocycles. The maximum atomic E-state index is 14.0. The van der Waals surface area contributed by atoms with Crippen molar-refractivity contribution >= 4 is 29.8 Å². The lowest BCUT2D eigenvalue weighted by atomic mass is 9.46. The Kier molecular flexibility index (Phi) is 9.47. The van der Waals surface area contributed by atoms with Crippen molar-refractivity contribution in [1.29, 1.82) is 0 Å². The number of pyridine rings is 1. The van der Waals surface area contributed by atoms with Crippen molar-refractivity contribution in [3.8, 4) is 0 Å². The minimum absolute atomic E-state index is 0.0209. The maximum absolute atomic E-state index is 14.0. The molecule has 2 aliphatic carbocycles. The zero-order chi connectivity index (χ0) is 37.6. The second-order valence-corrected chi connectivity index (χ2v) is 14.4. The molecule has 3 aliphatic rings. The van der Waals surface area contributed by atoms with Crippen molar-refractivity contribution in [3.05, 3.63) is 102 Å². The molecule has 1 spiro atoms. The summed E-state index contributed by atoms with van der Waals surface area (Å²) in [4.78, 5) is 71.4. The van der Waals surface area contributed by atoms with Crippen molar-refractivity contribution in [2.24, 2.45) is 11.3 Å². The summed E-state index contributed by atoms with van der Waals surface area (Å²) in [5, 5.41) is 13.0. The molecule has 274 valence electrons. The quantitative estimate of drug-likeness (QED) is 0.259. The number of carbonyl (C=O) groups is 5. The van der Waals surface area contributed by atoms with Crippen LogP contribution in [-0.2, 0) is 38.0 Å². The summed E-state index contributed by atoms with van der Waals surface area (Å²) < 4.78 is 37.5. The predicted molar refractivity (Wildman–Crippen MR) is 181 cm³/mol. The number of nitrogens with zero attached hydrogens (tertiary/aromatic N) is 1. The zero-order valence-corrected chi connectivity index (χ0v) is 29.6. The molecule has 2 bridgehead atoms. The first kappa shape index (κ1) is 36.6. The minimum Gasteiger partial charge on any atom is -0.458 e. The van der Waals surface area contributed by atoms with Gasteiger partial charge >= 0.3 is 29.8 Å². The molecule has 0 unspecified atom stereocenters. The van der Waals surface area contributed by atoms with Gasteiger partial charge in [0.25, 0.3) is 0 Å². The lowest BCUT2D eigenvalue weighted by molar-refractivity contribution is -0.354. The highest BCUT2D eigenvalue weighted by atomic mass is 16.6. The second kappa shape index (κ2) is 13.4. The number of benzene rings is 2. The van der Waals surface area contributed by atoms with Gasteiger partial charge in [0.2, 0.25) is 0 Å². The number of fused-ring (bicyclic) bond motifs is 1. The normalized spacial score (nSPS) is 32.8. The van der Waals surface area contributed by atoms with Gasteiger partial charge in [0, 0.05) is 32.2 Å². The van der Waals surface area contributed by atoms with Crippen LogP contribution in [0.5, 0.6) is 0 Å². The van der Waals surface area contributed by atoms with Crippen LogP contribution in [0.2, 0.25) is 0 Å². The van der Waals surface area contributed by atoms with Crippen LogP contribution in [0.3, 0.4) is 0 Å². The van der Waals surface area contributed by atoms with E-state index in [1.165, 1.54) is 62.6 Å². The number of rotatable bonds is 8. The van der Waals surface area contributed by atoms with E-state index in [9.17, 15) is 29.1 Å². The molecule has 2 aromatic carbocycles. The largest absolute Gasteiger partial charge is 0.458 e. The molecule has 1 aromatic heterocycles. The van der Waals surface area contributed by atoms with Gasteiger partial charge < -0.3 is 33.5 Å². The Morgan fingerprint density at radius 2 is 1.12 bits per heavy atom. The summed E-state index contributed by atoms with van der Waals surface area (Å²) in [5.41, 5.74) is -6.85. The van der Waals surface area contributed by atoms with E-state index in [0.29, 0.717) is 0 Å². The van der Waals surface area contributed by atoms with Crippen LogP contribution in [0.4, 0.5) is 0 Å². The maximum Gasteiger partial charge on any atom is 0.340 e. The monoisotopic (exact) mass is 715 g/mol. The molecule has 3 aromatic rings. The SMILES string of the molecule is CC(=O)O[C@@H]1[C@@H](OC(=O)c2ccccc2)[C@]2(C)[C@@H](OC(=O)c3cccnc3)[C@@H](OC(C)=O)[C@H](OC(=O)c3ccccc3)[C@](C)(O)[C@@]23C[C@@H]1C(C)(C)O3. The van der Waals surface area contributed by atoms with Crippen molar-refractivity contribution in [1.82, 2.24) is 4.98 Å². The van der Waals surface area contributed by atoms with E-state index in [1.807, 2.05) is 0 Å². The second-order valence-electron chi connectivity index (χ2n) is 14.4. The average Bonchev–Trinajstić information content (AvgIpc) is 3.39. The lowest BCUT2D eigenvalue weighted by Gasteiger charge is -2.66. The third-order valence-corrected chi connectivity index (χ3v) is 10.8. The minimum atomic E-state index is -2.24. The number of hydrogen-bond acceptors (Lipinski definition) is 13. The van der Waals surface area contributed by atoms with E-state index in [1.54, 1.807) is 57.2 Å². The molecule has 1 saturated heterocycles. The van der Waals surface area contributed by atoms with Gasteiger partial charge in [-0.2, -0.15) is 0 Å². The molecular formula is C39H41NO12. The van der Waals surface area contributed by atoms with Crippen molar-refractivity contribution < 1.29 is 57.5 Å². The number of hydrogen-bond donors (Lipinski definition) is 1. The molecule has 3 fully saturated rings. The summed E-state index contributed by atoms with van der Waals surface area (Å²) in [7, 11) is 0. The molecule has 0 radical (unpaired) electrons. The zero-order valence-electron chi connectivity index (χ0n) is 29.6. The third kappa shape index (κ3) is 6.01. The Labute approximate surface area is 300 Å². The Hall–Kier alpha value is -5.14. The van der Waals surface area contributed by atoms with Crippen LogP contribution in [-0.4, -0.2) is 87.3 Å². The van der Waals surface area contributed by atoms with Gasteiger partial charge in [0.1, 0.15) is 17.3 Å². The Bertz CT molecular complexity index is 1850. The predicted octanol–water partition coefficient (Wildman–Crippen LogP) is 4.26. The molecule has 0 amide bonds. The topological polar surface area (TPSA) is 174 Å². The van der Waals surface area contributed by atoms with E-state index in [2.05, 4.69) is 4.98 Å². The smallest absolute Gasteiger partial charge is 0.340 e. The third-order valence-electron chi connectivity index (χ3n) is 10.8. The number of esters is 5. The van der Waals surface area contributed by atoms with Gasteiger partial charge in [-0.1, -0.05) is 36.4 Å². The van der Waals surface area contributed by atoms with E-state index >= 15 is 0 Å². The molecule has 9 atom stereocenters. The fraction of sp³-hybridized carbons (Fsp3) is 0.436. The summed E-state index contributed by atoms with van der Waals surface area (Å²) >= 11 is 0. The van der Waals surface area contributed by atoms with Gasteiger partial charge in [-0.05, 0) is 70.5 Å². The molecular weight excluding hydrogens is 674 g/mol. The van der Waals surface area contributed by atoms with Gasteiger partial charge in [-0.15, -0.1) is 0 Å². The number of ether oxygens (including phenoxy) is 6. The van der Waals surface area contributed by atoms with Gasteiger partial charge in [-0.3, -0.25) is 14.6 Å². The van der Waals surface area contributed by atoms with Gasteiger partial charge in [0.05, 0.1) is 27.7 Å². The fourth-order valence-electron chi connectivity index (χ4n) is 8.44. The highest BCUT2D eigenvalue weighted by molar-refractivity contribution is 5.91. The standard InChI is InChI=1S/C39H41NO12/c1-22(41)47-28-27-20-39(52-36(27,3)4)37(5,30(28)49-33(43)24-14-9-7-10-15-24)31(50-35(45)26-18-13-19-40-21-26)29(48-23(2)42)32(38(39,6)46)51-34(44)25-16-11-8-12-17-25/h7-19,21,27-32,46H,20H2,1-6H3/t27-,28-,29+,30+,31-,32-,37+,38-,39+/m0/s1. The van der Waals surface area contributed by atoms with Crippen LogP contribution < -0.4 is 0 Å². The van der Waals surface area contributed by atoms with Crippen LogP contribution in [0.1, 0.15) is 79.0 Å².